The Bertz CT molecular complexity index is 721. The minimum Gasteiger partial charge on any atom is -0.481 e. The number of allylic oxidation sites excluding steroid dienone is 2. The van der Waals surface area contributed by atoms with E-state index < -0.39 is 22.5 Å². The first-order valence-corrected chi connectivity index (χ1v) is 8.43. The van der Waals surface area contributed by atoms with Gasteiger partial charge in [-0.25, -0.2) is 24.7 Å². The molecule has 0 radical (unpaired) electrons. The maximum Gasteiger partial charge on any atom is 0.212 e. The highest BCUT2D eigenvalue weighted by atomic mass is 32.2. The van der Waals surface area contributed by atoms with Crippen molar-refractivity contribution in [3.63, 3.8) is 0 Å². The van der Waals surface area contributed by atoms with Gasteiger partial charge in [0, 0.05) is 29.1 Å². The molecule has 0 N–H and O–H groups in total. The molecule has 3 rings (SSSR count). The van der Waals surface area contributed by atoms with Crippen LogP contribution in [0.1, 0.15) is 11.1 Å². The number of methoxy groups -OCH3 is 1. The predicted octanol–water partition coefficient (Wildman–Crippen LogP) is 4.44. The van der Waals surface area contributed by atoms with Crippen LogP contribution in [-0.4, -0.2) is 12.1 Å². The second-order valence-corrected chi connectivity index (χ2v) is 6.76. The zero-order valence-corrected chi connectivity index (χ0v) is 12.9. The summed E-state index contributed by atoms with van der Waals surface area (Å²) in [6.45, 7) is 0. The molecular weight excluding hydrogens is 304 g/mol. The quantitative estimate of drug-likeness (QED) is 0.842. The molecule has 0 amide bonds. The van der Waals surface area contributed by atoms with E-state index >= 15 is 0 Å². The summed E-state index contributed by atoms with van der Waals surface area (Å²) >= 11 is 0. The van der Waals surface area contributed by atoms with Crippen LogP contribution in [0.2, 0.25) is 0 Å². The van der Waals surface area contributed by atoms with E-state index in [4.69, 9.17) is 4.74 Å². The fourth-order valence-corrected chi connectivity index (χ4v) is 4.14. The van der Waals surface area contributed by atoms with E-state index in [9.17, 15) is 8.78 Å². The van der Waals surface area contributed by atoms with Crippen molar-refractivity contribution >= 4 is 16.5 Å². The summed E-state index contributed by atoms with van der Waals surface area (Å²) < 4.78 is 32.4. The monoisotopic (exact) mass is 319 g/mol. The smallest absolute Gasteiger partial charge is 0.212 e. The van der Waals surface area contributed by atoms with Crippen LogP contribution < -0.4 is 4.74 Å². The molecule has 1 aliphatic heterocycles. The van der Waals surface area contributed by atoms with Crippen molar-refractivity contribution in [2.45, 2.75) is 5.75 Å². The normalized spacial score (nSPS) is 18.3. The second kappa shape index (κ2) is 6.32. The number of aromatic nitrogens is 1. The Balaban J connectivity index is 1.78. The minimum absolute atomic E-state index is 0.156. The van der Waals surface area contributed by atoms with Gasteiger partial charge in [-0.1, -0.05) is 6.07 Å². The van der Waals surface area contributed by atoms with E-state index in [-0.39, 0.29) is 5.56 Å². The Morgan fingerprint density at radius 3 is 2.55 bits per heavy atom. The highest BCUT2D eigenvalue weighted by Gasteiger charge is 2.14. The molecule has 0 saturated heterocycles. The second-order valence-electron chi connectivity index (χ2n) is 4.86. The Labute approximate surface area is 130 Å². The van der Waals surface area contributed by atoms with E-state index in [1.54, 1.807) is 19.4 Å². The number of rotatable bonds is 4. The number of pyridine rings is 1. The van der Waals surface area contributed by atoms with Gasteiger partial charge in [0.15, 0.2) is 0 Å². The van der Waals surface area contributed by atoms with Gasteiger partial charge in [0.05, 0.1) is 7.11 Å². The third kappa shape index (κ3) is 3.04. The van der Waals surface area contributed by atoms with Crippen molar-refractivity contribution in [1.29, 1.82) is 0 Å². The van der Waals surface area contributed by atoms with E-state index in [1.165, 1.54) is 18.2 Å². The van der Waals surface area contributed by atoms with Gasteiger partial charge in [-0.2, -0.15) is 0 Å². The molecule has 2 aromatic rings. The molecule has 1 aromatic carbocycles. The molecule has 0 saturated carbocycles. The molecule has 0 bridgehead atoms. The SMILES string of the molecule is COc1ccc(C2=C[SH](Cc3c(F)cccc3F)C=C2)cn1. The first-order chi connectivity index (χ1) is 10.7. The van der Waals surface area contributed by atoms with Gasteiger partial charge in [0.1, 0.15) is 11.6 Å². The lowest BCUT2D eigenvalue weighted by Gasteiger charge is -2.11. The van der Waals surface area contributed by atoms with Crippen molar-refractivity contribution in [2.75, 3.05) is 7.11 Å². The summed E-state index contributed by atoms with van der Waals surface area (Å²) in [5.74, 6) is -0.0352. The molecule has 1 unspecified atom stereocenters. The van der Waals surface area contributed by atoms with E-state index in [2.05, 4.69) is 10.4 Å². The van der Waals surface area contributed by atoms with Gasteiger partial charge < -0.3 is 4.74 Å². The highest BCUT2D eigenvalue weighted by Crippen LogP contribution is 2.43. The molecule has 0 aliphatic carbocycles. The molecule has 0 spiro atoms. The third-order valence-electron chi connectivity index (χ3n) is 3.43. The lowest BCUT2D eigenvalue weighted by atomic mass is 10.1. The zero-order chi connectivity index (χ0) is 15.5. The molecule has 5 heteroatoms. The molecule has 114 valence electrons. The van der Waals surface area contributed by atoms with Crippen LogP contribution in [0, 0.1) is 11.6 Å². The fraction of sp³-hybridized carbons (Fsp3) is 0.118. The number of thiol groups is 1. The molecule has 2 nitrogen and oxygen atoms in total. The first kappa shape index (κ1) is 14.8. The summed E-state index contributed by atoms with van der Waals surface area (Å²) in [6.07, 6.45) is 3.71. The highest BCUT2D eigenvalue weighted by molar-refractivity contribution is 8.21. The van der Waals surface area contributed by atoms with Crippen LogP contribution in [0.3, 0.4) is 0 Å². The number of nitrogens with zero attached hydrogens (tertiary/aromatic N) is 1. The predicted molar refractivity (Wildman–Crippen MR) is 87.0 cm³/mol. The van der Waals surface area contributed by atoms with Crippen LogP contribution in [0.4, 0.5) is 8.78 Å². The molecule has 22 heavy (non-hydrogen) atoms. The standard InChI is InChI=1S/C17H15F2NOS/c1-21-17-6-5-12(9-20-17)13-7-8-22(10-13)11-14-15(18)3-2-4-16(14)19/h2-10,22H,11H2,1H3. The van der Waals surface area contributed by atoms with E-state index in [0.29, 0.717) is 11.6 Å². The maximum atomic E-state index is 13.7. The fourth-order valence-electron chi connectivity index (χ4n) is 2.25. The summed E-state index contributed by atoms with van der Waals surface area (Å²) in [6, 6.07) is 7.69. The minimum atomic E-state index is -0.710. The lowest BCUT2D eigenvalue weighted by molar-refractivity contribution is 0.398. The summed E-state index contributed by atoms with van der Waals surface area (Å²) in [5.41, 5.74) is 2.15. The average Bonchev–Trinajstić information content (AvgIpc) is 3.00. The molecular formula is C17H15F2NOS. The lowest BCUT2D eigenvalue weighted by Crippen LogP contribution is -1.94. The number of halogens is 2. The Morgan fingerprint density at radius 1 is 1.14 bits per heavy atom. The number of hydrogen-bond donors (Lipinski definition) is 1. The van der Waals surface area contributed by atoms with Crippen LogP contribution in [0.15, 0.2) is 53.4 Å². The van der Waals surface area contributed by atoms with Gasteiger partial charge >= 0.3 is 0 Å². The van der Waals surface area contributed by atoms with Crippen molar-refractivity contribution in [1.82, 2.24) is 4.98 Å². The van der Waals surface area contributed by atoms with Gasteiger partial charge in [-0.05, 0) is 40.7 Å². The van der Waals surface area contributed by atoms with Crippen molar-refractivity contribution in [3.8, 4) is 5.88 Å². The summed E-state index contributed by atoms with van der Waals surface area (Å²) in [7, 11) is 0.859. The molecule has 2 heterocycles. The largest absolute Gasteiger partial charge is 0.481 e. The zero-order valence-electron chi connectivity index (χ0n) is 12.0. The van der Waals surface area contributed by atoms with Crippen molar-refractivity contribution in [3.05, 3.63) is 76.2 Å². The average molecular weight is 319 g/mol. The number of ether oxygens (including phenoxy) is 1. The summed E-state index contributed by atoms with van der Waals surface area (Å²) in [5, 5.41) is 4.07. The molecule has 1 aliphatic rings. The number of hydrogen-bond acceptors (Lipinski definition) is 2. The van der Waals surface area contributed by atoms with Crippen molar-refractivity contribution < 1.29 is 13.5 Å². The Hall–Kier alpha value is -2.14. The van der Waals surface area contributed by atoms with Gasteiger partial charge in [0.25, 0.3) is 0 Å². The van der Waals surface area contributed by atoms with Gasteiger partial charge in [-0.3, -0.25) is 0 Å². The van der Waals surface area contributed by atoms with Crippen LogP contribution in [0.25, 0.3) is 5.57 Å². The maximum absolute atomic E-state index is 13.7. The van der Waals surface area contributed by atoms with Crippen LogP contribution >= 0.6 is 10.9 Å². The van der Waals surface area contributed by atoms with E-state index in [1.807, 2.05) is 17.6 Å². The third-order valence-corrected chi connectivity index (χ3v) is 5.25. The van der Waals surface area contributed by atoms with Crippen LogP contribution in [0.5, 0.6) is 5.88 Å². The summed E-state index contributed by atoms with van der Waals surface area (Å²) in [4.78, 5) is 4.17. The number of benzene rings is 1. The van der Waals surface area contributed by atoms with Crippen molar-refractivity contribution in [2.24, 2.45) is 0 Å². The Morgan fingerprint density at radius 2 is 1.91 bits per heavy atom. The topological polar surface area (TPSA) is 22.1 Å². The van der Waals surface area contributed by atoms with E-state index in [0.717, 1.165) is 11.1 Å². The molecule has 1 aromatic heterocycles. The van der Waals surface area contributed by atoms with Crippen LogP contribution in [-0.2, 0) is 5.75 Å². The first-order valence-electron chi connectivity index (χ1n) is 6.76. The molecule has 1 atom stereocenters. The Kier molecular flexibility index (Phi) is 4.24. The van der Waals surface area contributed by atoms with Gasteiger partial charge in [0.2, 0.25) is 5.88 Å². The van der Waals surface area contributed by atoms with Gasteiger partial charge in [-0.15, -0.1) is 0 Å². The molecule has 0 fully saturated rings.